The summed E-state index contributed by atoms with van der Waals surface area (Å²) in [6.07, 6.45) is 0.201. The van der Waals surface area contributed by atoms with Crippen LogP contribution in [0.5, 0.6) is 0 Å². The van der Waals surface area contributed by atoms with Gasteiger partial charge in [-0.3, -0.25) is 4.79 Å². The minimum absolute atomic E-state index is 0.0575. The maximum atomic E-state index is 11.9. The van der Waals surface area contributed by atoms with Crippen molar-refractivity contribution in [2.45, 2.75) is 31.5 Å². The predicted octanol–water partition coefficient (Wildman–Crippen LogP) is 0.635. The number of hydrogen-bond acceptors (Lipinski definition) is 4. The van der Waals surface area contributed by atoms with Crippen LogP contribution in [0.2, 0.25) is 0 Å². The Kier molecular flexibility index (Phi) is 4.15. The van der Waals surface area contributed by atoms with Crippen LogP contribution in [0, 0.1) is 0 Å². The third-order valence-electron chi connectivity index (χ3n) is 3.11. The Morgan fingerprint density at radius 2 is 2.29 bits per heavy atom. The molecule has 0 unspecified atom stereocenters. The Hall–Kier alpha value is -0.910. The topological polar surface area (TPSA) is 60.8 Å². The van der Waals surface area contributed by atoms with Crippen molar-refractivity contribution < 1.29 is 15.0 Å². The van der Waals surface area contributed by atoms with Gasteiger partial charge in [0.25, 0.3) is 0 Å². The summed E-state index contributed by atoms with van der Waals surface area (Å²) in [6, 6.07) is 2.02. The van der Waals surface area contributed by atoms with Crippen molar-refractivity contribution in [3.63, 3.8) is 0 Å². The van der Waals surface area contributed by atoms with Crippen molar-refractivity contribution in [2.24, 2.45) is 0 Å². The molecule has 1 aliphatic rings. The molecule has 2 atom stereocenters. The first kappa shape index (κ1) is 12.5. The second-order valence-electron chi connectivity index (χ2n) is 4.39. The monoisotopic (exact) mass is 255 g/mol. The number of carbonyl (C=O) groups excluding carboxylic acids is 1. The second kappa shape index (κ2) is 5.62. The normalized spacial score (nSPS) is 24.9. The number of amides is 1. The SMILES string of the molecule is O=C(CCc1ccsc1)N1CC[C@H](O)[C@@H](O)C1. The van der Waals surface area contributed by atoms with E-state index in [0.717, 1.165) is 6.42 Å². The zero-order chi connectivity index (χ0) is 12.3. The lowest BCUT2D eigenvalue weighted by molar-refractivity contribution is -0.137. The fraction of sp³-hybridized carbons (Fsp3) is 0.583. The van der Waals surface area contributed by atoms with Gasteiger partial charge >= 0.3 is 0 Å². The molecule has 0 aliphatic carbocycles. The summed E-state index contributed by atoms with van der Waals surface area (Å²) in [7, 11) is 0. The van der Waals surface area contributed by atoms with Gasteiger partial charge in [0.2, 0.25) is 5.91 Å². The lowest BCUT2D eigenvalue weighted by Crippen LogP contribution is -2.49. The van der Waals surface area contributed by atoms with Crippen LogP contribution >= 0.6 is 11.3 Å². The number of piperidine rings is 1. The summed E-state index contributed by atoms with van der Waals surface area (Å²) in [5, 5.41) is 22.9. The standard InChI is InChI=1S/C12H17NO3S/c14-10-3-5-13(7-11(10)15)12(16)2-1-9-4-6-17-8-9/h4,6,8,10-11,14-15H,1-3,5,7H2/t10-,11-/m0/s1. The van der Waals surface area contributed by atoms with Gasteiger partial charge in [-0.15, -0.1) is 0 Å². The third kappa shape index (κ3) is 3.28. The number of β-amino-alcohol motifs (C(OH)–C–C–N with tert-alkyl or cyclic N) is 1. The zero-order valence-corrected chi connectivity index (χ0v) is 10.4. The van der Waals surface area contributed by atoms with Crippen LogP contribution in [-0.4, -0.2) is 46.3 Å². The van der Waals surface area contributed by atoms with E-state index in [1.165, 1.54) is 5.56 Å². The average Bonchev–Trinajstić information content (AvgIpc) is 2.82. The fourth-order valence-corrected chi connectivity index (χ4v) is 2.69. The zero-order valence-electron chi connectivity index (χ0n) is 9.58. The quantitative estimate of drug-likeness (QED) is 0.833. The van der Waals surface area contributed by atoms with E-state index in [9.17, 15) is 15.0 Å². The molecule has 1 aliphatic heterocycles. The fourth-order valence-electron chi connectivity index (χ4n) is 1.99. The minimum Gasteiger partial charge on any atom is -0.390 e. The smallest absolute Gasteiger partial charge is 0.222 e. The number of carbonyl (C=O) groups is 1. The Morgan fingerprint density at radius 3 is 2.94 bits per heavy atom. The summed E-state index contributed by atoms with van der Waals surface area (Å²) in [6.45, 7) is 0.796. The highest BCUT2D eigenvalue weighted by Crippen LogP contribution is 2.14. The van der Waals surface area contributed by atoms with Gasteiger partial charge < -0.3 is 15.1 Å². The van der Waals surface area contributed by atoms with Gasteiger partial charge in [0.1, 0.15) is 0 Å². The molecule has 0 aromatic carbocycles. The molecule has 2 heterocycles. The van der Waals surface area contributed by atoms with Crippen LogP contribution < -0.4 is 0 Å². The average molecular weight is 255 g/mol. The van der Waals surface area contributed by atoms with Gasteiger partial charge in [0.05, 0.1) is 12.2 Å². The number of nitrogens with zero attached hydrogens (tertiary/aromatic N) is 1. The largest absolute Gasteiger partial charge is 0.390 e. The predicted molar refractivity (Wildman–Crippen MR) is 65.9 cm³/mol. The molecule has 4 nitrogen and oxygen atoms in total. The molecule has 0 bridgehead atoms. The summed E-state index contributed by atoms with van der Waals surface area (Å²) < 4.78 is 0. The molecule has 1 amide bonds. The van der Waals surface area contributed by atoms with E-state index >= 15 is 0 Å². The van der Waals surface area contributed by atoms with Gasteiger partial charge in [0.15, 0.2) is 0 Å². The van der Waals surface area contributed by atoms with Crippen LogP contribution in [0.15, 0.2) is 16.8 Å². The van der Waals surface area contributed by atoms with Gasteiger partial charge in [-0.25, -0.2) is 0 Å². The second-order valence-corrected chi connectivity index (χ2v) is 5.17. The molecule has 1 fully saturated rings. The van der Waals surface area contributed by atoms with E-state index in [0.29, 0.717) is 19.4 Å². The number of aliphatic hydroxyl groups is 2. The molecule has 2 rings (SSSR count). The van der Waals surface area contributed by atoms with Gasteiger partial charge in [-0.2, -0.15) is 11.3 Å². The van der Waals surface area contributed by atoms with Gasteiger partial charge in [0, 0.05) is 19.5 Å². The van der Waals surface area contributed by atoms with E-state index < -0.39 is 12.2 Å². The van der Waals surface area contributed by atoms with Crippen LogP contribution in [-0.2, 0) is 11.2 Å². The molecule has 1 aromatic heterocycles. The number of thiophene rings is 1. The molecule has 0 saturated carbocycles. The van der Waals surface area contributed by atoms with Crippen molar-refractivity contribution in [1.82, 2.24) is 4.90 Å². The molecule has 94 valence electrons. The van der Waals surface area contributed by atoms with Crippen molar-refractivity contribution in [3.8, 4) is 0 Å². The van der Waals surface area contributed by atoms with E-state index in [1.807, 2.05) is 16.8 Å². The first-order chi connectivity index (χ1) is 8.16. The minimum atomic E-state index is -0.797. The Labute approximate surface area is 104 Å². The highest BCUT2D eigenvalue weighted by Gasteiger charge is 2.28. The van der Waals surface area contributed by atoms with Gasteiger partial charge in [-0.1, -0.05) is 0 Å². The van der Waals surface area contributed by atoms with E-state index in [4.69, 9.17) is 0 Å². The molecule has 2 N–H and O–H groups in total. The number of likely N-dealkylation sites (tertiary alicyclic amines) is 1. The van der Waals surface area contributed by atoms with Crippen LogP contribution in [0.3, 0.4) is 0 Å². The molecule has 1 aromatic rings. The van der Waals surface area contributed by atoms with Crippen LogP contribution in [0.4, 0.5) is 0 Å². The Morgan fingerprint density at radius 1 is 1.47 bits per heavy atom. The van der Waals surface area contributed by atoms with Crippen LogP contribution in [0.1, 0.15) is 18.4 Å². The summed E-state index contributed by atoms with van der Waals surface area (Å²) in [5.74, 6) is 0.0575. The molecule has 0 radical (unpaired) electrons. The molecule has 0 spiro atoms. The molecule has 17 heavy (non-hydrogen) atoms. The molecular formula is C12H17NO3S. The maximum Gasteiger partial charge on any atom is 0.222 e. The van der Waals surface area contributed by atoms with E-state index in [1.54, 1.807) is 16.2 Å². The molecule has 5 heteroatoms. The Bertz CT molecular complexity index is 366. The van der Waals surface area contributed by atoms with Crippen LogP contribution in [0.25, 0.3) is 0 Å². The molecular weight excluding hydrogens is 238 g/mol. The summed E-state index contributed by atoms with van der Waals surface area (Å²) >= 11 is 1.63. The van der Waals surface area contributed by atoms with Gasteiger partial charge in [-0.05, 0) is 35.2 Å². The maximum absolute atomic E-state index is 11.9. The first-order valence-corrected chi connectivity index (χ1v) is 6.76. The van der Waals surface area contributed by atoms with Crippen molar-refractivity contribution >= 4 is 17.2 Å². The summed E-state index contributed by atoms with van der Waals surface area (Å²) in [4.78, 5) is 13.5. The lowest BCUT2D eigenvalue weighted by atomic mass is 10.0. The number of hydrogen-bond donors (Lipinski definition) is 2. The number of aliphatic hydroxyl groups excluding tert-OH is 2. The highest BCUT2D eigenvalue weighted by molar-refractivity contribution is 7.07. The highest BCUT2D eigenvalue weighted by atomic mass is 32.1. The van der Waals surface area contributed by atoms with E-state index in [-0.39, 0.29) is 12.5 Å². The van der Waals surface area contributed by atoms with Crippen molar-refractivity contribution in [1.29, 1.82) is 0 Å². The number of aryl methyl sites for hydroxylation is 1. The number of rotatable bonds is 3. The summed E-state index contributed by atoms with van der Waals surface area (Å²) in [5.41, 5.74) is 1.18. The third-order valence-corrected chi connectivity index (χ3v) is 3.84. The molecule has 1 saturated heterocycles. The van der Waals surface area contributed by atoms with E-state index in [2.05, 4.69) is 0 Å². The first-order valence-electron chi connectivity index (χ1n) is 5.82. The Balaban J connectivity index is 1.80. The lowest BCUT2D eigenvalue weighted by Gasteiger charge is -2.33. The van der Waals surface area contributed by atoms with Crippen molar-refractivity contribution in [3.05, 3.63) is 22.4 Å². The van der Waals surface area contributed by atoms with Crippen molar-refractivity contribution in [2.75, 3.05) is 13.1 Å².